The molecule has 2 atom stereocenters. The minimum absolute atomic E-state index is 0.406. The van der Waals surface area contributed by atoms with Crippen molar-refractivity contribution < 1.29 is 19.5 Å². The van der Waals surface area contributed by atoms with Crippen molar-refractivity contribution in [3.05, 3.63) is 24.3 Å². The summed E-state index contributed by atoms with van der Waals surface area (Å²) in [5.74, 6) is -2.91. The number of rotatable bonds is 5. The van der Waals surface area contributed by atoms with E-state index in [1.165, 1.54) is 13.0 Å². The zero-order valence-electron chi connectivity index (χ0n) is 11.2. The van der Waals surface area contributed by atoms with Gasteiger partial charge in [0.15, 0.2) is 0 Å². The maximum absolute atomic E-state index is 11.9. The van der Waals surface area contributed by atoms with Crippen molar-refractivity contribution in [1.29, 1.82) is 0 Å². The van der Waals surface area contributed by atoms with Crippen LogP contribution in [-0.4, -0.2) is 23.0 Å². The predicted molar refractivity (Wildman–Crippen MR) is 74.2 cm³/mol. The Morgan fingerprint density at radius 2 is 1.65 bits per heavy atom. The molecule has 1 aromatic rings. The van der Waals surface area contributed by atoms with Crippen molar-refractivity contribution in [3.8, 4) is 0 Å². The van der Waals surface area contributed by atoms with Gasteiger partial charge in [-0.25, -0.2) is 4.79 Å². The summed E-state index contributed by atoms with van der Waals surface area (Å²) in [6, 6.07) is 5.69. The summed E-state index contributed by atoms with van der Waals surface area (Å²) in [5.41, 5.74) is 5.88. The van der Waals surface area contributed by atoms with Gasteiger partial charge in [0.2, 0.25) is 5.91 Å². The molecule has 0 bridgehead atoms. The monoisotopic (exact) mass is 279 g/mol. The minimum Gasteiger partial charge on any atom is -0.481 e. The number of urea groups is 1. The largest absolute Gasteiger partial charge is 0.481 e. The number of primary amides is 1. The van der Waals surface area contributed by atoms with Crippen LogP contribution in [0.2, 0.25) is 0 Å². The summed E-state index contributed by atoms with van der Waals surface area (Å²) in [7, 11) is 0. The lowest BCUT2D eigenvalue weighted by Crippen LogP contribution is -2.30. The van der Waals surface area contributed by atoms with Crippen LogP contribution in [0.1, 0.15) is 13.8 Å². The third-order valence-corrected chi connectivity index (χ3v) is 2.95. The Labute approximate surface area is 116 Å². The van der Waals surface area contributed by atoms with Crippen molar-refractivity contribution in [2.45, 2.75) is 13.8 Å². The second kappa shape index (κ2) is 6.55. The van der Waals surface area contributed by atoms with E-state index in [0.717, 1.165) is 0 Å². The molecule has 0 aliphatic rings. The first kappa shape index (κ1) is 15.5. The topological polar surface area (TPSA) is 122 Å². The highest BCUT2D eigenvalue weighted by Crippen LogP contribution is 2.18. The average molecular weight is 279 g/mol. The smallest absolute Gasteiger partial charge is 0.316 e. The number of aliphatic carboxylic acids is 1. The lowest BCUT2D eigenvalue weighted by Gasteiger charge is -2.16. The lowest BCUT2D eigenvalue weighted by molar-refractivity contribution is -0.145. The van der Waals surface area contributed by atoms with Gasteiger partial charge in [-0.1, -0.05) is 19.9 Å². The number of amides is 3. The highest BCUT2D eigenvalue weighted by atomic mass is 16.4. The first-order chi connectivity index (χ1) is 9.31. The molecular formula is C13H17N3O4. The summed E-state index contributed by atoms with van der Waals surface area (Å²) >= 11 is 0. The van der Waals surface area contributed by atoms with E-state index < -0.39 is 29.7 Å². The molecular weight excluding hydrogens is 262 g/mol. The molecule has 7 nitrogen and oxygen atoms in total. The van der Waals surface area contributed by atoms with Crippen LogP contribution in [0.4, 0.5) is 16.2 Å². The van der Waals surface area contributed by atoms with Gasteiger partial charge in [-0.3, -0.25) is 9.59 Å². The molecule has 0 aromatic heterocycles. The maximum atomic E-state index is 11.9. The number of benzene rings is 1. The van der Waals surface area contributed by atoms with E-state index in [4.69, 9.17) is 10.8 Å². The summed E-state index contributed by atoms with van der Waals surface area (Å²) in [6.45, 7) is 3.01. The maximum Gasteiger partial charge on any atom is 0.316 e. The number of nitrogens with one attached hydrogen (secondary N) is 2. The van der Waals surface area contributed by atoms with Crippen molar-refractivity contribution in [2.75, 3.05) is 10.6 Å². The van der Waals surface area contributed by atoms with E-state index in [-0.39, 0.29) is 0 Å². The van der Waals surface area contributed by atoms with E-state index in [2.05, 4.69) is 10.6 Å². The molecule has 0 fully saturated rings. The molecule has 1 rings (SSSR count). The predicted octanol–water partition coefficient (Wildman–Crippen LogP) is 1.47. The summed E-state index contributed by atoms with van der Waals surface area (Å²) in [6.07, 6.45) is 0. The van der Waals surface area contributed by atoms with Gasteiger partial charge in [0, 0.05) is 17.3 Å². The molecule has 108 valence electrons. The second-order valence-corrected chi connectivity index (χ2v) is 4.47. The normalized spacial score (nSPS) is 13.1. The van der Waals surface area contributed by atoms with E-state index in [1.807, 2.05) is 0 Å². The van der Waals surface area contributed by atoms with E-state index >= 15 is 0 Å². The van der Waals surface area contributed by atoms with Crippen LogP contribution in [0.5, 0.6) is 0 Å². The molecule has 0 aliphatic carbocycles. The standard InChI is InChI=1S/C13H17N3O4/c1-7(8(2)12(18)19)11(17)15-9-4-3-5-10(6-9)16-13(14)20/h3-8H,1-2H3,(H,15,17)(H,18,19)(H3,14,16,20). The van der Waals surface area contributed by atoms with Gasteiger partial charge >= 0.3 is 12.0 Å². The Hall–Kier alpha value is -2.57. The Kier molecular flexibility index (Phi) is 5.08. The Morgan fingerprint density at radius 3 is 2.15 bits per heavy atom. The first-order valence-corrected chi connectivity index (χ1v) is 6.01. The number of carbonyl (C=O) groups is 3. The number of hydrogen-bond donors (Lipinski definition) is 4. The zero-order chi connectivity index (χ0) is 15.3. The third-order valence-electron chi connectivity index (χ3n) is 2.95. The van der Waals surface area contributed by atoms with Crippen LogP contribution < -0.4 is 16.4 Å². The Morgan fingerprint density at radius 1 is 1.10 bits per heavy atom. The molecule has 20 heavy (non-hydrogen) atoms. The summed E-state index contributed by atoms with van der Waals surface area (Å²) in [4.78, 5) is 33.5. The number of nitrogens with two attached hydrogens (primary N) is 1. The molecule has 1 aromatic carbocycles. The van der Waals surface area contributed by atoms with Crippen molar-refractivity contribution in [1.82, 2.24) is 0 Å². The SMILES string of the molecule is CC(C(=O)O)C(C)C(=O)Nc1cccc(NC(N)=O)c1. The molecule has 2 unspecified atom stereocenters. The van der Waals surface area contributed by atoms with Crippen LogP contribution in [0.25, 0.3) is 0 Å². The highest BCUT2D eigenvalue weighted by Gasteiger charge is 2.25. The fraction of sp³-hybridized carbons (Fsp3) is 0.308. The Bertz CT molecular complexity index is 530. The van der Waals surface area contributed by atoms with Gasteiger partial charge in [-0.05, 0) is 18.2 Å². The lowest BCUT2D eigenvalue weighted by atomic mass is 9.95. The summed E-state index contributed by atoms with van der Waals surface area (Å²) < 4.78 is 0. The van der Waals surface area contributed by atoms with Crippen molar-refractivity contribution >= 4 is 29.3 Å². The molecule has 0 saturated carbocycles. The number of hydrogen-bond acceptors (Lipinski definition) is 3. The van der Waals surface area contributed by atoms with E-state index in [9.17, 15) is 14.4 Å². The molecule has 7 heteroatoms. The number of carboxylic acids is 1. The molecule has 3 amide bonds. The zero-order valence-corrected chi connectivity index (χ0v) is 11.2. The number of anilines is 2. The molecule has 0 radical (unpaired) electrons. The quantitative estimate of drug-likeness (QED) is 0.652. The average Bonchev–Trinajstić information content (AvgIpc) is 2.36. The van der Waals surface area contributed by atoms with Crippen LogP contribution in [-0.2, 0) is 9.59 Å². The van der Waals surface area contributed by atoms with Gasteiger partial charge in [0.25, 0.3) is 0 Å². The highest BCUT2D eigenvalue weighted by molar-refractivity contribution is 5.96. The van der Waals surface area contributed by atoms with E-state index in [1.54, 1.807) is 25.1 Å². The van der Waals surface area contributed by atoms with Crippen LogP contribution in [0.3, 0.4) is 0 Å². The van der Waals surface area contributed by atoms with Crippen molar-refractivity contribution in [3.63, 3.8) is 0 Å². The first-order valence-electron chi connectivity index (χ1n) is 6.01. The fourth-order valence-electron chi connectivity index (χ4n) is 1.51. The van der Waals surface area contributed by atoms with Gasteiger partial charge in [0.05, 0.1) is 5.92 Å². The molecule has 0 saturated heterocycles. The molecule has 0 heterocycles. The molecule has 0 spiro atoms. The summed E-state index contributed by atoms with van der Waals surface area (Å²) in [5, 5.41) is 13.8. The van der Waals surface area contributed by atoms with Crippen molar-refractivity contribution in [2.24, 2.45) is 17.6 Å². The third kappa shape index (κ3) is 4.27. The molecule has 5 N–H and O–H groups in total. The van der Waals surface area contributed by atoms with Gasteiger partial charge < -0.3 is 21.5 Å². The van der Waals surface area contributed by atoms with Gasteiger partial charge in [-0.15, -0.1) is 0 Å². The van der Waals surface area contributed by atoms with Crippen LogP contribution >= 0.6 is 0 Å². The number of carboxylic acid groups (broad SMARTS) is 1. The minimum atomic E-state index is -1.03. The van der Waals surface area contributed by atoms with Crippen LogP contribution in [0, 0.1) is 11.8 Å². The van der Waals surface area contributed by atoms with E-state index in [0.29, 0.717) is 11.4 Å². The van der Waals surface area contributed by atoms with Gasteiger partial charge in [-0.2, -0.15) is 0 Å². The van der Waals surface area contributed by atoms with Crippen LogP contribution in [0.15, 0.2) is 24.3 Å². The second-order valence-electron chi connectivity index (χ2n) is 4.47. The number of carbonyl (C=O) groups excluding carboxylic acids is 2. The molecule has 0 aliphatic heterocycles. The fourth-order valence-corrected chi connectivity index (χ4v) is 1.51. The Balaban J connectivity index is 2.75. The van der Waals surface area contributed by atoms with Gasteiger partial charge in [0.1, 0.15) is 0 Å².